The highest BCUT2D eigenvalue weighted by Gasteiger charge is 2.14. The molecule has 1 aromatic carbocycles. The number of benzene rings is 1. The number of hydrogen-bond donors (Lipinski definition) is 2. The fourth-order valence-corrected chi connectivity index (χ4v) is 4.11. The first-order chi connectivity index (χ1) is 12.5. The van der Waals surface area contributed by atoms with Crippen LogP contribution in [0.4, 0.5) is 10.8 Å². The molecule has 0 saturated heterocycles. The van der Waals surface area contributed by atoms with Gasteiger partial charge in [-0.05, 0) is 38.5 Å². The Morgan fingerprint density at radius 1 is 1.31 bits per heavy atom. The van der Waals surface area contributed by atoms with Crippen LogP contribution in [-0.4, -0.2) is 22.5 Å². The van der Waals surface area contributed by atoms with Gasteiger partial charge in [0.1, 0.15) is 5.75 Å². The van der Waals surface area contributed by atoms with Gasteiger partial charge in [0.15, 0.2) is 5.13 Å². The third-order valence-electron chi connectivity index (χ3n) is 3.61. The molecule has 0 unspecified atom stereocenters. The molecule has 0 radical (unpaired) electrons. The second kappa shape index (κ2) is 7.84. The number of amides is 1. The van der Waals surface area contributed by atoms with Gasteiger partial charge in [-0.25, -0.2) is 9.97 Å². The molecule has 26 heavy (non-hydrogen) atoms. The van der Waals surface area contributed by atoms with Gasteiger partial charge in [-0.15, -0.1) is 22.7 Å². The Bertz CT molecular complexity index is 933. The van der Waals surface area contributed by atoms with Crippen LogP contribution in [-0.2, 0) is 0 Å². The average Bonchev–Trinajstić information content (AvgIpc) is 3.19. The Labute approximate surface area is 160 Å². The van der Waals surface area contributed by atoms with Crippen LogP contribution in [0.5, 0.6) is 5.75 Å². The third kappa shape index (κ3) is 4.03. The summed E-state index contributed by atoms with van der Waals surface area (Å²) in [5.41, 5.74) is 8.36. The quantitative estimate of drug-likeness (QED) is 0.621. The largest absolute Gasteiger partial charge is 0.491 e. The van der Waals surface area contributed by atoms with Crippen LogP contribution in [0.2, 0.25) is 0 Å². The maximum absolute atomic E-state index is 11.5. The molecular formula is C18H20N4O2S2. The highest BCUT2D eigenvalue weighted by Crippen LogP contribution is 2.35. The lowest BCUT2D eigenvalue weighted by Crippen LogP contribution is -2.11. The van der Waals surface area contributed by atoms with Gasteiger partial charge in [0.2, 0.25) is 5.91 Å². The van der Waals surface area contributed by atoms with Gasteiger partial charge in [0, 0.05) is 10.9 Å². The van der Waals surface area contributed by atoms with E-state index < -0.39 is 5.91 Å². The number of carbonyl (C=O) groups excluding carboxylic acids is 1. The highest BCUT2D eigenvalue weighted by molar-refractivity contribution is 7.16. The first-order valence-electron chi connectivity index (χ1n) is 8.21. The lowest BCUT2D eigenvalue weighted by atomic mass is 10.2. The fourth-order valence-electron chi connectivity index (χ4n) is 2.44. The van der Waals surface area contributed by atoms with E-state index in [9.17, 15) is 4.79 Å². The van der Waals surface area contributed by atoms with E-state index in [2.05, 4.69) is 15.3 Å². The molecule has 0 aliphatic rings. The molecular weight excluding hydrogens is 368 g/mol. The van der Waals surface area contributed by atoms with Gasteiger partial charge in [-0.2, -0.15) is 0 Å². The molecule has 136 valence electrons. The molecule has 2 heterocycles. The minimum absolute atomic E-state index is 0.419. The second-order valence-corrected chi connectivity index (χ2v) is 7.80. The van der Waals surface area contributed by atoms with Crippen molar-refractivity contribution in [2.24, 2.45) is 5.73 Å². The first kappa shape index (κ1) is 18.3. The van der Waals surface area contributed by atoms with Crippen molar-refractivity contribution in [3.05, 3.63) is 39.8 Å². The molecule has 0 aliphatic carbocycles. The molecule has 0 aliphatic heterocycles. The summed E-state index contributed by atoms with van der Waals surface area (Å²) in [5.74, 6) is 0.184. The summed E-state index contributed by atoms with van der Waals surface area (Å²) in [4.78, 5) is 21.7. The van der Waals surface area contributed by atoms with Crippen molar-refractivity contribution in [1.82, 2.24) is 9.97 Å². The normalized spacial score (nSPS) is 10.7. The molecule has 0 bridgehead atoms. The Kier molecular flexibility index (Phi) is 5.53. The Hall–Kier alpha value is -2.45. The predicted octanol–water partition coefficient (Wildman–Crippen LogP) is 4.51. The van der Waals surface area contributed by atoms with E-state index in [4.69, 9.17) is 10.5 Å². The highest BCUT2D eigenvalue weighted by atomic mass is 32.1. The molecule has 8 heteroatoms. The van der Waals surface area contributed by atoms with E-state index in [0.29, 0.717) is 28.7 Å². The zero-order valence-corrected chi connectivity index (χ0v) is 16.5. The van der Waals surface area contributed by atoms with Crippen molar-refractivity contribution in [1.29, 1.82) is 0 Å². The smallest absolute Gasteiger partial charge is 0.248 e. The van der Waals surface area contributed by atoms with Crippen LogP contribution >= 0.6 is 22.7 Å². The SMILES string of the molecule is CCCOc1ccc(C(N)=O)cc1Nc1nc(-c2sc(C)nc2C)cs1. The summed E-state index contributed by atoms with van der Waals surface area (Å²) in [7, 11) is 0. The number of hydrogen-bond acceptors (Lipinski definition) is 7. The maximum Gasteiger partial charge on any atom is 0.248 e. The van der Waals surface area contributed by atoms with E-state index in [1.54, 1.807) is 29.5 Å². The number of nitrogens with one attached hydrogen (secondary N) is 1. The van der Waals surface area contributed by atoms with E-state index >= 15 is 0 Å². The van der Waals surface area contributed by atoms with Gasteiger partial charge in [0.25, 0.3) is 0 Å². The Morgan fingerprint density at radius 2 is 2.12 bits per heavy atom. The molecule has 1 amide bonds. The number of aromatic nitrogens is 2. The van der Waals surface area contributed by atoms with Crippen molar-refractivity contribution in [3.63, 3.8) is 0 Å². The number of ether oxygens (including phenoxy) is 1. The number of aryl methyl sites for hydroxylation is 2. The fraction of sp³-hybridized carbons (Fsp3) is 0.278. The van der Waals surface area contributed by atoms with E-state index in [1.165, 1.54) is 11.3 Å². The summed E-state index contributed by atoms with van der Waals surface area (Å²) in [6, 6.07) is 5.11. The van der Waals surface area contributed by atoms with Crippen LogP contribution in [0.15, 0.2) is 23.6 Å². The zero-order valence-electron chi connectivity index (χ0n) is 14.8. The summed E-state index contributed by atoms with van der Waals surface area (Å²) < 4.78 is 5.76. The summed E-state index contributed by atoms with van der Waals surface area (Å²) in [5, 5.41) is 6.98. The van der Waals surface area contributed by atoms with Gasteiger partial charge < -0.3 is 15.8 Å². The van der Waals surface area contributed by atoms with Gasteiger partial charge in [-0.1, -0.05) is 6.92 Å². The average molecular weight is 389 g/mol. The van der Waals surface area contributed by atoms with Crippen LogP contribution in [0, 0.1) is 13.8 Å². The van der Waals surface area contributed by atoms with Crippen molar-refractivity contribution in [2.45, 2.75) is 27.2 Å². The number of carbonyl (C=O) groups is 1. The second-order valence-electron chi connectivity index (χ2n) is 5.73. The number of nitrogens with zero attached hydrogens (tertiary/aromatic N) is 2. The van der Waals surface area contributed by atoms with Gasteiger partial charge in [0.05, 0.1) is 33.6 Å². The Balaban J connectivity index is 1.89. The number of anilines is 2. The van der Waals surface area contributed by atoms with Gasteiger partial charge in [-0.3, -0.25) is 4.79 Å². The standard InChI is InChI=1S/C18H20N4O2S2/c1-4-7-24-15-6-5-12(17(19)23)8-13(15)21-18-22-14(9-25-18)16-10(2)20-11(3)26-16/h5-6,8-9H,4,7H2,1-3H3,(H2,19,23)(H,21,22). The third-order valence-corrected chi connectivity index (χ3v) is 5.46. The lowest BCUT2D eigenvalue weighted by molar-refractivity contribution is 0.100. The zero-order chi connectivity index (χ0) is 18.7. The maximum atomic E-state index is 11.5. The number of rotatable bonds is 7. The van der Waals surface area contributed by atoms with E-state index in [-0.39, 0.29) is 0 Å². The molecule has 0 atom stereocenters. The molecule has 3 rings (SSSR count). The number of nitrogens with two attached hydrogens (primary N) is 1. The van der Waals surface area contributed by atoms with Crippen molar-refractivity contribution < 1.29 is 9.53 Å². The summed E-state index contributed by atoms with van der Waals surface area (Å²) in [6.45, 7) is 6.60. The molecule has 0 fully saturated rings. The predicted molar refractivity (Wildman–Crippen MR) is 107 cm³/mol. The minimum Gasteiger partial charge on any atom is -0.491 e. The monoisotopic (exact) mass is 388 g/mol. The summed E-state index contributed by atoms with van der Waals surface area (Å²) in [6.07, 6.45) is 0.891. The molecule has 2 aromatic heterocycles. The molecule has 3 N–H and O–H groups in total. The van der Waals surface area contributed by atoms with Crippen molar-refractivity contribution in [3.8, 4) is 16.3 Å². The van der Waals surface area contributed by atoms with Crippen molar-refractivity contribution in [2.75, 3.05) is 11.9 Å². The van der Waals surface area contributed by atoms with Crippen LogP contribution < -0.4 is 15.8 Å². The minimum atomic E-state index is -0.481. The Morgan fingerprint density at radius 3 is 2.77 bits per heavy atom. The molecule has 3 aromatic rings. The molecule has 6 nitrogen and oxygen atoms in total. The van der Waals surface area contributed by atoms with E-state index in [0.717, 1.165) is 27.7 Å². The molecule has 0 saturated carbocycles. The van der Waals surface area contributed by atoms with E-state index in [1.807, 2.05) is 26.2 Å². The number of thiazole rings is 2. The number of primary amides is 1. The van der Waals surface area contributed by atoms with Crippen molar-refractivity contribution >= 4 is 39.4 Å². The van der Waals surface area contributed by atoms with Crippen LogP contribution in [0.25, 0.3) is 10.6 Å². The summed E-state index contributed by atoms with van der Waals surface area (Å²) >= 11 is 3.12. The first-order valence-corrected chi connectivity index (χ1v) is 9.91. The topological polar surface area (TPSA) is 90.1 Å². The van der Waals surface area contributed by atoms with Gasteiger partial charge >= 0.3 is 0 Å². The van der Waals surface area contributed by atoms with Crippen LogP contribution in [0.3, 0.4) is 0 Å². The molecule has 0 spiro atoms. The van der Waals surface area contributed by atoms with Crippen LogP contribution in [0.1, 0.15) is 34.4 Å². The lowest BCUT2D eigenvalue weighted by Gasteiger charge is -2.12.